The Balaban J connectivity index is 2.35. The third-order valence-corrected chi connectivity index (χ3v) is 2.85. The lowest BCUT2D eigenvalue weighted by atomic mass is 10.0. The van der Waals surface area contributed by atoms with E-state index in [2.05, 4.69) is 13.0 Å². The summed E-state index contributed by atoms with van der Waals surface area (Å²) in [5, 5.41) is 10.8. The highest BCUT2D eigenvalue weighted by molar-refractivity contribution is 5.84. The highest BCUT2D eigenvalue weighted by atomic mass is 16.4. The Labute approximate surface area is 106 Å². The third kappa shape index (κ3) is 2.76. The van der Waals surface area contributed by atoms with Crippen LogP contribution < -0.4 is 5.73 Å². The Morgan fingerprint density at radius 1 is 1.22 bits per heavy atom. The molecule has 18 heavy (non-hydrogen) atoms. The van der Waals surface area contributed by atoms with E-state index >= 15 is 0 Å². The van der Waals surface area contributed by atoms with Gasteiger partial charge in [0.1, 0.15) is 0 Å². The first kappa shape index (κ1) is 12.3. The van der Waals surface area contributed by atoms with E-state index in [1.54, 1.807) is 0 Å². The van der Waals surface area contributed by atoms with Gasteiger partial charge < -0.3 is 10.8 Å². The molecule has 3 N–H and O–H groups in total. The normalized spacial score (nSPS) is 13.0. The van der Waals surface area contributed by atoms with Gasteiger partial charge in [-0.05, 0) is 29.3 Å². The van der Waals surface area contributed by atoms with Crippen LogP contribution in [0.15, 0.2) is 48.6 Å². The summed E-state index contributed by atoms with van der Waals surface area (Å²) < 4.78 is 0. The summed E-state index contributed by atoms with van der Waals surface area (Å²) in [7, 11) is 0. The Morgan fingerprint density at radius 3 is 2.61 bits per heavy atom. The van der Waals surface area contributed by atoms with Crippen molar-refractivity contribution in [1.82, 2.24) is 0 Å². The SMILES string of the molecule is Cc1ccc2cc(C(N)/C=C/C(=O)O)ccc2c1. The van der Waals surface area contributed by atoms with E-state index in [0.29, 0.717) is 0 Å². The van der Waals surface area contributed by atoms with Crippen LogP contribution in [0.5, 0.6) is 0 Å². The highest BCUT2D eigenvalue weighted by Gasteiger charge is 2.04. The minimum absolute atomic E-state index is 0.396. The molecule has 0 radical (unpaired) electrons. The van der Waals surface area contributed by atoms with Crippen LogP contribution in [0.2, 0.25) is 0 Å². The lowest BCUT2D eigenvalue weighted by molar-refractivity contribution is -0.131. The molecule has 1 unspecified atom stereocenters. The van der Waals surface area contributed by atoms with Crippen LogP contribution in [-0.2, 0) is 4.79 Å². The summed E-state index contributed by atoms with van der Waals surface area (Å²) in [6.07, 6.45) is 2.56. The molecule has 0 aliphatic carbocycles. The summed E-state index contributed by atoms with van der Waals surface area (Å²) in [6.45, 7) is 2.05. The van der Waals surface area contributed by atoms with Crippen LogP contribution in [0.25, 0.3) is 10.8 Å². The molecule has 0 saturated heterocycles. The number of aryl methyl sites for hydroxylation is 1. The van der Waals surface area contributed by atoms with Gasteiger partial charge in [-0.2, -0.15) is 0 Å². The van der Waals surface area contributed by atoms with Gasteiger partial charge in [-0.3, -0.25) is 0 Å². The molecule has 3 heteroatoms. The molecule has 0 heterocycles. The zero-order valence-electron chi connectivity index (χ0n) is 10.1. The predicted molar refractivity (Wildman–Crippen MR) is 72.4 cm³/mol. The smallest absolute Gasteiger partial charge is 0.328 e. The van der Waals surface area contributed by atoms with Crippen molar-refractivity contribution in [2.24, 2.45) is 5.73 Å². The Hall–Kier alpha value is -2.13. The number of rotatable bonds is 3. The number of fused-ring (bicyclic) bond motifs is 1. The van der Waals surface area contributed by atoms with E-state index in [-0.39, 0.29) is 0 Å². The number of nitrogens with two attached hydrogens (primary N) is 1. The molecule has 2 rings (SSSR count). The van der Waals surface area contributed by atoms with E-state index in [0.717, 1.165) is 22.4 Å². The second-order valence-electron chi connectivity index (χ2n) is 4.33. The minimum Gasteiger partial charge on any atom is -0.478 e. The second kappa shape index (κ2) is 5.02. The summed E-state index contributed by atoms with van der Waals surface area (Å²) in [4.78, 5) is 10.4. The molecule has 2 aromatic carbocycles. The third-order valence-electron chi connectivity index (χ3n) is 2.85. The van der Waals surface area contributed by atoms with Gasteiger partial charge in [0.15, 0.2) is 0 Å². The van der Waals surface area contributed by atoms with Crippen molar-refractivity contribution in [3.8, 4) is 0 Å². The highest BCUT2D eigenvalue weighted by Crippen LogP contribution is 2.21. The molecule has 0 saturated carbocycles. The standard InChI is InChI=1S/C15H15NO2/c1-10-2-3-12-9-13(5-4-11(12)8-10)14(16)6-7-15(17)18/h2-9,14H,16H2,1H3,(H,17,18)/b7-6+. The summed E-state index contributed by atoms with van der Waals surface area (Å²) in [5.41, 5.74) is 8.03. The maximum absolute atomic E-state index is 10.4. The van der Waals surface area contributed by atoms with E-state index in [1.165, 1.54) is 11.6 Å². The first-order chi connectivity index (χ1) is 8.56. The van der Waals surface area contributed by atoms with Crippen molar-refractivity contribution in [2.45, 2.75) is 13.0 Å². The molecule has 0 aromatic heterocycles. The van der Waals surface area contributed by atoms with Gasteiger partial charge in [0.2, 0.25) is 0 Å². The molecule has 0 amide bonds. The maximum Gasteiger partial charge on any atom is 0.328 e. The molecule has 0 aliphatic rings. The lowest BCUT2D eigenvalue weighted by Crippen LogP contribution is -2.07. The van der Waals surface area contributed by atoms with Gasteiger partial charge in [-0.1, -0.05) is 42.0 Å². The van der Waals surface area contributed by atoms with Crippen LogP contribution in [0.3, 0.4) is 0 Å². The predicted octanol–water partition coefficient (Wildman–Crippen LogP) is 2.79. The van der Waals surface area contributed by atoms with Crippen molar-refractivity contribution in [1.29, 1.82) is 0 Å². The average Bonchev–Trinajstić information content (AvgIpc) is 2.35. The molecular formula is C15H15NO2. The van der Waals surface area contributed by atoms with Crippen molar-refractivity contribution in [2.75, 3.05) is 0 Å². The minimum atomic E-state index is -0.984. The number of aliphatic carboxylic acids is 1. The molecule has 0 spiro atoms. The molecule has 3 nitrogen and oxygen atoms in total. The molecule has 1 atom stereocenters. The first-order valence-corrected chi connectivity index (χ1v) is 5.73. The van der Waals surface area contributed by atoms with Crippen LogP contribution in [0, 0.1) is 6.92 Å². The monoisotopic (exact) mass is 241 g/mol. The molecule has 0 fully saturated rings. The Morgan fingerprint density at radius 2 is 1.89 bits per heavy atom. The maximum atomic E-state index is 10.4. The van der Waals surface area contributed by atoms with Gasteiger partial charge in [0, 0.05) is 12.1 Å². The van der Waals surface area contributed by atoms with Crippen molar-refractivity contribution in [3.05, 3.63) is 59.7 Å². The van der Waals surface area contributed by atoms with E-state index in [4.69, 9.17) is 10.8 Å². The van der Waals surface area contributed by atoms with Crippen LogP contribution >= 0.6 is 0 Å². The topological polar surface area (TPSA) is 63.3 Å². The molecular weight excluding hydrogens is 226 g/mol. The Bertz CT molecular complexity index is 617. The van der Waals surface area contributed by atoms with E-state index < -0.39 is 12.0 Å². The number of carbonyl (C=O) groups is 1. The van der Waals surface area contributed by atoms with E-state index in [9.17, 15) is 4.79 Å². The van der Waals surface area contributed by atoms with Crippen molar-refractivity contribution in [3.63, 3.8) is 0 Å². The fraction of sp³-hybridized carbons (Fsp3) is 0.133. The largest absolute Gasteiger partial charge is 0.478 e. The number of benzene rings is 2. The second-order valence-corrected chi connectivity index (χ2v) is 4.33. The van der Waals surface area contributed by atoms with Gasteiger partial charge in [0.05, 0.1) is 0 Å². The quantitative estimate of drug-likeness (QED) is 0.812. The molecule has 2 aromatic rings. The summed E-state index contributed by atoms with van der Waals surface area (Å²) in [6, 6.07) is 11.7. The van der Waals surface area contributed by atoms with Crippen LogP contribution in [0.4, 0.5) is 0 Å². The van der Waals surface area contributed by atoms with Gasteiger partial charge in [-0.15, -0.1) is 0 Å². The number of carboxylic acids is 1. The fourth-order valence-electron chi connectivity index (χ4n) is 1.89. The van der Waals surface area contributed by atoms with Gasteiger partial charge in [-0.25, -0.2) is 4.79 Å². The Kier molecular flexibility index (Phi) is 3.44. The van der Waals surface area contributed by atoms with Crippen LogP contribution in [0.1, 0.15) is 17.2 Å². The van der Waals surface area contributed by atoms with Crippen molar-refractivity contribution < 1.29 is 9.90 Å². The fourth-order valence-corrected chi connectivity index (χ4v) is 1.89. The molecule has 0 bridgehead atoms. The molecule has 92 valence electrons. The number of hydrogen-bond donors (Lipinski definition) is 2. The zero-order valence-corrected chi connectivity index (χ0v) is 10.1. The lowest BCUT2D eigenvalue weighted by Gasteiger charge is -2.08. The number of hydrogen-bond acceptors (Lipinski definition) is 2. The summed E-state index contributed by atoms with van der Waals surface area (Å²) in [5.74, 6) is -0.984. The van der Waals surface area contributed by atoms with Crippen LogP contribution in [-0.4, -0.2) is 11.1 Å². The first-order valence-electron chi connectivity index (χ1n) is 5.73. The molecule has 0 aliphatic heterocycles. The van der Waals surface area contributed by atoms with E-state index in [1.807, 2.05) is 30.3 Å². The average molecular weight is 241 g/mol. The van der Waals surface area contributed by atoms with Gasteiger partial charge >= 0.3 is 5.97 Å². The van der Waals surface area contributed by atoms with Gasteiger partial charge in [0.25, 0.3) is 0 Å². The number of carboxylic acid groups (broad SMARTS) is 1. The zero-order chi connectivity index (χ0) is 13.1. The van der Waals surface area contributed by atoms with Crippen molar-refractivity contribution >= 4 is 16.7 Å². The summed E-state index contributed by atoms with van der Waals surface area (Å²) >= 11 is 0.